The van der Waals surface area contributed by atoms with Crippen molar-refractivity contribution in [3.63, 3.8) is 0 Å². The average Bonchev–Trinajstić information content (AvgIpc) is 2.98. The molecule has 1 fully saturated rings. The fraction of sp³-hybridized carbons (Fsp3) is 0.483. The lowest BCUT2D eigenvalue weighted by Gasteiger charge is -2.34. The maximum atomic E-state index is 14.1. The van der Waals surface area contributed by atoms with Crippen LogP contribution >= 0.6 is 11.6 Å². The van der Waals surface area contributed by atoms with Crippen LogP contribution in [0.15, 0.2) is 53.5 Å². The van der Waals surface area contributed by atoms with Gasteiger partial charge in [0.2, 0.25) is 5.66 Å². The number of carbonyl (C=O) groups is 2. The zero-order valence-electron chi connectivity index (χ0n) is 21.7. The lowest BCUT2D eigenvalue weighted by molar-refractivity contribution is -0.142. The SMILES string of the molecule is CC(C)[C@@H](C(=O)C1(N)N=C(c2ccccc2)c2cc(Cl)ccc2N(C)C1=O)[C@H](O)COC1CCCCC1. The number of halogens is 1. The van der Waals surface area contributed by atoms with Crippen LogP contribution in [0.2, 0.25) is 5.02 Å². The molecule has 0 spiro atoms. The zero-order valence-corrected chi connectivity index (χ0v) is 22.4. The number of Topliss-reactive ketones (excluding diaryl/α,β-unsaturated/α-hetero) is 1. The summed E-state index contributed by atoms with van der Waals surface area (Å²) in [6, 6.07) is 14.4. The third-order valence-corrected chi connectivity index (χ3v) is 7.64. The fourth-order valence-electron chi connectivity index (χ4n) is 5.36. The Labute approximate surface area is 223 Å². The number of hydrogen-bond acceptors (Lipinski definition) is 6. The van der Waals surface area contributed by atoms with Crippen LogP contribution in [0.1, 0.15) is 57.1 Å². The number of fused-ring (bicyclic) bond motifs is 1. The Morgan fingerprint density at radius 3 is 2.51 bits per heavy atom. The summed E-state index contributed by atoms with van der Waals surface area (Å²) in [6.07, 6.45) is 4.24. The van der Waals surface area contributed by atoms with E-state index in [0.29, 0.717) is 27.5 Å². The minimum absolute atomic E-state index is 0.00442. The van der Waals surface area contributed by atoms with E-state index in [1.807, 2.05) is 44.2 Å². The third kappa shape index (κ3) is 5.65. The Kier molecular flexibility index (Phi) is 8.49. The summed E-state index contributed by atoms with van der Waals surface area (Å²) in [6.45, 7) is 3.67. The van der Waals surface area contributed by atoms with Gasteiger partial charge in [-0.25, -0.2) is 4.99 Å². The molecule has 0 aromatic heterocycles. The van der Waals surface area contributed by atoms with Crippen LogP contribution in [0, 0.1) is 11.8 Å². The number of nitrogens with two attached hydrogens (primary N) is 1. The summed E-state index contributed by atoms with van der Waals surface area (Å²) in [7, 11) is 1.57. The number of hydrogen-bond donors (Lipinski definition) is 2. The smallest absolute Gasteiger partial charge is 0.277 e. The van der Waals surface area contributed by atoms with Crippen molar-refractivity contribution < 1.29 is 19.4 Å². The molecule has 4 rings (SSSR count). The Bertz CT molecular complexity index is 1160. The molecule has 0 bridgehead atoms. The van der Waals surface area contributed by atoms with Crippen LogP contribution in [0.3, 0.4) is 0 Å². The standard InChI is InChI=1S/C29H36ClN3O4/c1-18(2)25(24(34)17-37-21-12-8-5-9-13-21)27(35)29(31)28(36)33(3)23-15-14-20(30)16-22(23)26(32-29)19-10-6-4-7-11-19/h4,6-7,10-11,14-16,18,21,24-25,34H,5,8-9,12-13,17,31H2,1-3H3/t24-,25-,29?/m1/s1. The summed E-state index contributed by atoms with van der Waals surface area (Å²) in [5, 5.41) is 11.6. The van der Waals surface area contributed by atoms with Gasteiger partial charge < -0.3 is 14.7 Å². The lowest BCUT2D eigenvalue weighted by Crippen LogP contribution is -2.62. The van der Waals surface area contributed by atoms with Crippen LogP contribution in [0.25, 0.3) is 0 Å². The number of carbonyl (C=O) groups excluding carboxylic acids is 2. The van der Waals surface area contributed by atoms with Crippen molar-refractivity contribution in [2.75, 3.05) is 18.6 Å². The number of amides is 1. The van der Waals surface area contributed by atoms with Gasteiger partial charge in [-0.2, -0.15) is 0 Å². The van der Waals surface area contributed by atoms with Crippen LogP contribution in [0.5, 0.6) is 0 Å². The van der Waals surface area contributed by atoms with Gasteiger partial charge >= 0.3 is 0 Å². The van der Waals surface area contributed by atoms with Crippen molar-refractivity contribution in [1.82, 2.24) is 0 Å². The summed E-state index contributed by atoms with van der Waals surface area (Å²) < 4.78 is 5.98. The number of aliphatic hydroxyl groups is 1. The second kappa shape index (κ2) is 11.4. The van der Waals surface area contributed by atoms with E-state index >= 15 is 0 Å². The molecule has 37 heavy (non-hydrogen) atoms. The number of aliphatic imine (C=N–C) groups is 1. The number of aliphatic hydroxyl groups excluding tert-OH is 1. The van der Waals surface area contributed by atoms with E-state index in [-0.39, 0.29) is 18.6 Å². The van der Waals surface area contributed by atoms with Gasteiger partial charge in [-0.3, -0.25) is 15.3 Å². The van der Waals surface area contributed by atoms with E-state index in [1.54, 1.807) is 25.2 Å². The van der Waals surface area contributed by atoms with Gasteiger partial charge in [0.25, 0.3) is 5.91 Å². The van der Waals surface area contributed by atoms with E-state index in [2.05, 4.69) is 4.99 Å². The van der Waals surface area contributed by atoms with Crippen LogP contribution in [-0.2, 0) is 14.3 Å². The van der Waals surface area contributed by atoms with E-state index in [4.69, 9.17) is 22.1 Å². The number of likely N-dealkylation sites (N-methyl/N-ethyl adjacent to an activating group) is 1. The Morgan fingerprint density at radius 1 is 1.19 bits per heavy atom. The molecule has 198 valence electrons. The van der Waals surface area contributed by atoms with Crippen molar-refractivity contribution in [1.29, 1.82) is 0 Å². The minimum atomic E-state index is -2.24. The quantitative estimate of drug-likeness (QED) is 0.498. The highest BCUT2D eigenvalue weighted by atomic mass is 35.5. The first-order valence-corrected chi connectivity index (χ1v) is 13.4. The minimum Gasteiger partial charge on any atom is -0.390 e. The predicted octanol–water partition coefficient (Wildman–Crippen LogP) is 4.36. The zero-order chi connectivity index (χ0) is 26.7. The number of anilines is 1. The van der Waals surface area contributed by atoms with Gasteiger partial charge in [0.05, 0.1) is 36.1 Å². The molecule has 8 heteroatoms. The van der Waals surface area contributed by atoms with Gasteiger partial charge in [0, 0.05) is 23.2 Å². The fourth-order valence-corrected chi connectivity index (χ4v) is 5.53. The third-order valence-electron chi connectivity index (χ3n) is 7.41. The highest BCUT2D eigenvalue weighted by Gasteiger charge is 2.51. The molecule has 7 nitrogen and oxygen atoms in total. The molecule has 2 aromatic rings. The monoisotopic (exact) mass is 525 g/mol. The Morgan fingerprint density at radius 2 is 1.86 bits per heavy atom. The molecule has 2 aliphatic rings. The number of benzene rings is 2. The molecule has 1 aliphatic heterocycles. The topological polar surface area (TPSA) is 105 Å². The maximum absolute atomic E-state index is 14.1. The molecule has 1 amide bonds. The number of ketones is 1. The van der Waals surface area contributed by atoms with Gasteiger partial charge in [0.1, 0.15) is 0 Å². The molecule has 0 radical (unpaired) electrons. The van der Waals surface area contributed by atoms with Crippen molar-refractivity contribution in [3.05, 3.63) is 64.7 Å². The molecule has 2 aromatic carbocycles. The molecule has 1 saturated carbocycles. The van der Waals surface area contributed by atoms with Crippen molar-refractivity contribution in [2.24, 2.45) is 22.6 Å². The largest absolute Gasteiger partial charge is 0.390 e. The molecular formula is C29H36ClN3O4. The summed E-state index contributed by atoms with van der Waals surface area (Å²) in [4.78, 5) is 34.0. The van der Waals surface area contributed by atoms with E-state index in [9.17, 15) is 14.7 Å². The van der Waals surface area contributed by atoms with Gasteiger partial charge in [-0.1, -0.05) is 75.0 Å². The highest BCUT2D eigenvalue weighted by Crippen LogP contribution is 2.34. The molecule has 1 unspecified atom stereocenters. The summed E-state index contributed by atoms with van der Waals surface area (Å²) >= 11 is 6.33. The maximum Gasteiger partial charge on any atom is 0.277 e. The predicted molar refractivity (Wildman–Crippen MR) is 146 cm³/mol. The molecular weight excluding hydrogens is 490 g/mol. The van der Waals surface area contributed by atoms with Crippen molar-refractivity contribution in [3.8, 4) is 0 Å². The molecule has 1 heterocycles. The molecule has 3 N–H and O–H groups in total. The van der Waals surface area contributed by atoms with Gasteiger partial charge in [-0.05, 0) is 37.0 Å². The van der Waals surface area contributed by atoms with Gasteiger partial charge in [0.15, 0.2) is 5.78 Å². The normalized spacial score (nSPS) is 22.3. The van der Waals surface area contributed by atoms with Crippen molar-refractivity contribution >= 4 is 34.7 Å². The molecule has 0 saturated heterocycles. The van der Waals surface area contributed by atoms with Crippen LogP contribution < -0.4 is 10.6 Å². The number of ether oxygens (including phenoxy) is 1. The first-order valence-electron chi connectivity index (χ1n) is 13.0. The van der Waals surface area contributed by atoms with E-state index in [1.165, 1.54) is 11.3 Å². The van der Waals surface area contributed by atoms with Crippen molar-refractivity contribution in [2.45, 2.75) is 63.8 Å². The first-order chi connectivity index (χ1) is 17.6. The number of benzodiazepines with no additional fused rings is 1. The summed E-state index contributed by atoms with van der Waals surface area (Å²) in [5.74, 6) is -2.55. The van der Waals surface area contributed by atoms with Crippen LogP contribution in [-0.4, -0.2) is 54.0 Å². The second-order valence-electron chi connectivity index (χ2n) is 10.4. The highest BCUT2D eigenvalue weighted by molar-refractivity contribution is 6.32. The molecule has 3 atom stereocenters. The number of rotatable bonds is 8. The van der Waals surface area contributed by atoms with E-state index < -0.39 is 29.4 Å². The van der Waals surface area contributed by atoms with Crippen LogP contribution in [0.4, 0.5) is 5.69 Å². The average molecular weight is 526 g/mol. The molecule has 1 aliphatic carbocycles. The summed E-state index contributed by atoms with van der Waals surface area (Å²) in [5.41, 5.74) is 6.66. The Hall–Kier alpha value is -2.58. The first kappa shape index (κ1) is 27.5. The Balaban J connectivity index is 1.74. The number of nitrogens with zero attached hydrogens (tertiary/aromatic N) is 2. The second-order valence-corrected chi connectivity index (χ2v) is 10.8. The lowest BCUT2D eigenvalue weighted by atomic mass is 9.81. The van der Waals surface area contributed by atoms with E-state index in [0.717, 1.165) is 25.7 Å². The van der Waals surface area contributed by atoms with Gasteiger partial charge in [-0.15, -0.1) is 0 Å².